The van der Waals surface area contributed by atoms with Crippen molar-refractivity contribution in [3.8, 4) is 0 Å². The summed E-state index contributed by atoms with van der Waals surface area (Å²) in [5.41, 5.74) is 3.49. The molecule has 3 heterocycles. The van der Waals surface area contributed by atoms with Gasteiger partial charge in [0.25, 0.3) is 0 Å². The minimum atomic E-state index is -0.514. The number of carbonyl (C=O) groups excluding carboxylic acids is 1. The molecule has 2 fully saturated rings. The maximum atomic E-state index is 11.6. The Morgan fingerprint density at radius 1 is 1.45 bits per heavy atom. The molecule has 2 unspecified atom stereocenters. The lowest BCUT2D eigenvalue weighted by Crippen LogP contribution is -2.32. The van der Waals surface area contributed by atoms with Crippen LogP contribution in [-0.4, -0.2) is 48.2 Å². The smallest absolute Gasteiger partial charge is 0.338 e. The number of esters is 1. The second-order valence-corrected chi connectivity index (χ2v) is 6.73. The highest BCUT2D eigenvalue weighted by Gasteiger charge is 2.36. The van der Waals surface area contributed by atoms with Crippen LogP contribution in [-0.2, 0) is 11.3 Å². The Hall–Kier alpha value is -1.43. The maximum absolute atomic E-state index is 11.6. The maximum Gasteiger partial charge on any atom is 0.338 e. The van der Waals surface area contributed by atoms with Gasteiger partial charge in [0.05, 0.1) is 11.7 Å². The second kappa shape index (κ2) is 5.33. The molecular weight excluding hydrogens is 280 g/mol. The van der Waals surface area contributed by atoms with E-state index in [4.69, 9.17) is 4.74 Å². The quantitative estimate of drug-likeness (QED) is 0.816. The SMILES string of the molecule is Cc1c([C@@H](O)CN2CC3CCNC3C2)ccc2c1COC2=O. The first-order valence-electron chi connectivity index (χ1n) is 8.07. The van der Waals surface area contributed by atoms with Crippen molar-refractivity contribution in [2.45, 2.75) is 32.1 Å². The third-order valence-electron chi connectivity index (χ3n) is 5.44. The average molecular weight is 302 g/mol. The Balaban J connectivity index is 1.49. The molecule has 22 heavy (non-hydrogen) atoms. The molecule has 1 aromatic carbocycles. The highest BCUT2D eigenvalue weighted by molar-refractivity contribution is 5.93. The predicted molar refractivity (Wildman–Crippen MR) is 81.6 cm³/mol. The summed E-state index contributed by atoms with van der Waals surface area (Å²) < 4.78 is 5.08. The van der Waals surface area contributed by atoms with E-state index in [0.29, 0.717) is 24.8 Å². The molecule has 3 aliphatic rings. The number of nitrogens with zero attached hydrogens (tertiary/aromatic N) is 1. The van der Waals surface area contributed by atoms with Crippen molar-refractivity contribution < 1.29 is 14.6 Å². The minimum absolute atomic E-state index is 0.252. The van der Waals surface area contributed by atoms with E-state index in [2.05, 4.69) is 10.2 Å². The first kappa shape index (κ1) is 14.2. The van der Waals surface area contributed by atoms with Crippen molar-refractivity contribution in [1.29, 1.82) is 0 Å². The van der Waals surface area contributed by atoms with E-state index in [1.165, 1.54) is 6.42 Å². The molecule has 1 aromatic rings. The molecule has 5 heteroatoms. The number of carbonyl (C=O) groups is 1. The van der Waals surface area contributed by atoms with E-state index in [1.807, 2.05) is 13.0 Å². The fourth-order valence-corrected chi connectivity index (χ4v) is 4.16. The zero-order valence-electron chi connectivity index (χ0n) is 12.8. The first-order chi connectivity index (χ1) is 10.6. The Bertz CT molecular complexity index is 604. The van der Waals surface area contributed by atoms with Gasteiger partial charge in [0.15, 0.2) is 0 Å². The van der Waals surface area contributed by atoms with Gasteiger partial charge in [-0.05, 0) is 43.0 Å². The summed E-state index contributed by atoms with van der Waals surface area (Å²) in [6.07, 6.45) is 0.731. The molecule has 0 amide bonds. The van der Waals surface area contributed by atoms with Crippen LogP contribution in [0, 0.1) is 12.8 Å². The van der Waals surface area contributed by atoms with Crippen LogP contribution in [0.2, 0.25) is 0 Å². The van der Waals surface area contributed by atoms with Crippen molar-refractivity contribution in [3.63, 3.8) is 0 Å². The summed E-state index contributed by atoms with van der Waals surface area (Å²) in [7, 11) is 0. The van der Waals surface area contributed by atoms with E-state index in [0.717, 1.165) is 42.2 Å². The van der Waals surface area contributed by atoms with Gasteiger partial charge in [-0.25, -0.2) is 4.79 Å². The van der Waals surface area contributed by atoms with Crippen molar-refractivity contribution in [3.05, 3.63) is 34.4 Å². The van der Waals surface area contributed by atoms with Crippen LogP contribution in [0.3, 0.4) is 0 Å². The minimum Gasteiger partial charge on any atom is -0.457 e. The first-order valence-corrected chi connectivity index (χ1v) is 8.07. The molecule has 2 saturated heterocycles. The highest BCUT2D eigenvalue weighted by Crippen LogP contribution is 2.31. The van der Waals surface area contributed by atoms with Crippen LogP contribution in [0.25, 0.3) is 0 Å². The number of hydrogen-bond acceptors (Lipinski definition) is 5. The molecule has 0 aliphatic carbocycles. The normalized spacial score (nSPS) is 28.5. The molecule has 4 rings (SSSR count). The summed E-state index contributed by atoms with van der Waals surface area (Å²) >= 11 is 0. The average Bonchev–Trinajstić information content (AvgIpc) is 3.15. The number of hydrogen-bond donors (Lipinski definition) is 2. The number of nitrogens with one attached hydrogen (secondary N) is 1. The van der Waals surface area contributed by atoms with Gasteiger partial charge in [-0.15, -0.1) is 0 Å². The Morgan fingerprint density at radius 3 is 3.14 bits per heavy atom. The largest absolute Gasteiger partial charge is 0.457 e. The van der Waals surface area contributed by atoms with Gasteiger partial charge >= 0.3 is 5.97 Å². The van der Waals surface area contributed by atoms with Crippen LogP contribution in [0.1, 0.15) is 39.6 Å². The Morgan fingerprint density at radius 2 is 2.32 bits per heavy atom. The summed E-state index contributed by atoms with van der Waals surface area (Å²) in [5.74, 6) is 0.483. The van der Waals surface area contributed by atoms with E-state index in [1.54, 1.807) is 6.07 Å². The lowest BCUT2D eigenvalue weighted by atomic mass is 9.95. The van der Waals surface area contributed by atoms with Crippen LogP contribution < -0.4 is 5.32 Å². The second-order valence-electron chi connectivity index (χ2n) is 6.73. The van der Waals surface area contributed by atoms with E-state index >= 15 is 0 Å². The number of β-amino-alcohol motifs (C(OH)–C–C–N with tert-alkyl or cyclic N) is 1. The van der Waals surface area contributed by atoms with Crippen molar-refractivity contribution in [2.24, 2.45) is 5.92 Å². The predicted octanol–water partition coefficient (Wildman–Crippen LogP) is 0.993. The fourth-order valence-electron chi connectivity index (χ4n) is 4.16. The van der Waals surface area contributed by atoms with Crippen molar-refractivity contribution in [1.82, 2.24) is 10.2 Å². The van der Waals surface area contributed by atoms with Gasteiger partial charge in [-0.3, -0.25) is 4.90 Å². The molecular formula is C17H22N2O3. The lowest BCUT2D eigenvalue weighted by molar-refractivity contribution is 0.0535. The zero-order chi connectivity index (χ0) is 15.3. The molecule has 0 spiro atoms. The summed E-state index contributed by atoms with van der Waals surface area (Å²) in [5, 5.41) is 14.2. The highest BCUT2D eigenvalue weighted by atomic mass is 16.5. The summed E-state index contributed by atoms with van der Waals surface area (Å²) in [6.45, 7) is 6.18. The van der Waals surface area contributed by atoms with Gasteiger partial charge in [0, 0.05) is 31.2 Å². The third-order valence-corrected chi connectivity index (χ3v) is 5.44. The zero-order valence-corrected chi connectivity index (χ0v) is 12.8. The number of fused-ring (bicyclic) bond motifs is 2. The van der Waals surface area contributed by atoms with E-state index in [9.17, 15) is 9.90 Å². The molecule has 118 valence electrons. The van der Waals surface area contributed by atoms with Crippen LogP contribution in [0.5, 0.6) is 0 Å². The number of cyclic esters (lactones) is 1. The van der Waals surface area contributed by atoms with Gasteiger partial charge < -0.3 is 15.2 Å². The summed E-state index contributed by atoms with van der Waals surface area (Å²) in [4.78, 5) is 13.9. The number of aliphatic hydroxyl groups is 1. The number of rotatable bonds is 3. The standard InChI is InChI=1S/C17H22N2O3/c1-10-12(2-3-13-14(10)9-22-17(13)21)16(20)8-19-6-11-4-5-18-15(11)7-19/h2-3,11,15-16,18,20H,4-9H2,1H3/t11?,15?,16-/m0/s1. The van der Waals surface area contributed by atoms with Crippen LogP contribution in [0.15, 0.2) is 12.1 Å². The fraction of sp³-hybridized carbons (Fsp3) is 0.588. The van der Waals surface area contributed by atoms with Gasteiger partial charge in [-0.2, -0.15) is 0 Å². The van der Waals surface area contributed by atoms with Gasteiger partial charge in [-0.1, -0.05) is 6.07 Å². The lowest BCUT2D eigenvalue weighted by Gasteiger charge is -2.22. The molecule has 5 nitrogen and oxygen atoms in total. The number of aliphatic hydroxyl groups excluding tert-OH is 1. The van der Waals surface area contributed by atoms with Crippen molar-refractivity contribution >= 4 is 5.97 Å². The number of benzene rings is 1. The number of ether oxygens (including phenoxy) is 1. The number of likely N-dealkylation sites (tertiary alicyclic amines) is 1. The molecule has 3 atom stereocenters. The summed E-state index contributed by atoms with van der Waals surface area (Å²) in [6, 6.07) is 4.26. The molecule has 2 N–H and O–H groups in total. The van der Waals surface area contributed by atoms with Gasteiger partial charge in [0.1, 0.15) is 6.61 Å². The van der Waals surface area contributed by atoms with Gasteiger partial charge in [0.2, 0.25) is 0 Å². The molecule has 3 aliphatic heterocycles. The Labute approximate surface area is 130 Å². The van der Waals surface area contributed by atoms with E-state index < -0.39 is 6.10 Å². The third kappa shape index (κ3) is 2.24. The molecule has 0 radical (unpaired) electrons. The Kier molecular flexibility index (Phi) is 3.44. The molecule has 0 aromatic heterocycles. The van der Waals surface area contributed by atoms with Crippen LogP contribution >= 0.6 is 0 Å². The van der Waals surface area contributed by atoms with Crippen LogP contribution in [0.4, 0.5) is 0 Å². The molecule has 0 saturated carbocycles. The monoisotopic (exact) mass is 302 g/mol. The van der Waals surface area contributed by atoms with E-state index in [-0.39, 0.29) is 5.97 Å². The topological polar surface area (TPSA) is 61.8 Å². The van der Waals surface area contributed by atoms with Crippen molar-refractivity contribution in [2.75, 3.05) is 26.2 Å². The molecule has 0 bridgehead atoms.